The van der Waals surface area contributed by atoms with Crippen LogP contribution in [-0.4, -0.2) is 26.9 Å². The molecule has 0 saturated carbocycles. The monoisotopic (exact) mass is 491 g/mol. The molecule has 0 spiro atoms. The molecule has 37 heavy (non-hydrogen) atoms. The first-order valence-corrected chi connectivity index (χ1v) is 13.0. The molecule has 0 unspecified atom stereocenters. The highest BCUT2D eigenvalue weighted by Crippen LogP contribution is 2.42. The molecule has 0 saturated heterocycles. The van der Waals surface area contributed by atoms with E-state index < -0.39 is 5.97 Å². The number of nitrogens with zero attached hydrogens (tertiary/aromatic N) is 3. The molecule has 1 aliphatic heterocycles. The van der Waals surface area contributed by atoms with Gasteiger partial charge in [0.2, 0.25) is 0 Å². The van der Waals surface area contributed by atoms with E-state index in [1.807, 2.05) is 23.0 Å². The van der Waals surface area contributed by atoms with E-state index in [4.69, 9.17) is 5.11 Å². The van der Waals surface area contributed by atoms with Crippen LogP contribution in [0.4, 0.5) is 5.69 Å². The summed E-state index contributed by atoms with van der Waals surface area (Å²) in [5.41, 5.74) is 9.60. The molecular formula is C32H33N3O2. The predicted molar refractivity (Wildman–Crippen MR) is 150 cm³/mol. The summed E-state index contributed by atoms with van der Waals surface area (Å²) in [7, 11) is 0. The van der Waals surface area contributed by atoms with E-state index in [1.165, 1.54) is 39.6 Å². The molecule has 0 radical (unpaired) electrons. The van der Waals surface area contributed by atoms with Gasteiger partial charge in [0, 0.05) is 36.1 Å². The molecule has 5 nitrogen and oxygen atoms in total. The fourth-order valence-electron chi connectivity index (χ4n) is 5.34. The van der Waals surface area contributed by atoms with E-state index in [0.29, 0.717) is 6.04 Å². The number of benzene rings is 3. The van der Waals surface area contributed by atoms with Gasteiger partial charge in [-0.05, 0) is 78.3 Å². The Labute approximate surface area is 218 Å². The Balaban J connectivity index is 1.59. The Morgan fingerprint density at radius 2 is 1.78 bits per heavy atom. The molecule has 2 atom stereocenters. The number of hydrogen-bond acceptors (Lipinski definition) is 3. The Kier molecular flexibility index (Phi) is 6.95. The highest BCUT2D eigenvalue weighted by molar-refractivity contribution is 5.85. The van der Waals surface area contributed by atoms with Crippen LogP contribution in [0.25, 0.3) is 17.2 Å². The van der Waals surface area contributed by atoms with Gasteiger partial charge in [-0.2, -0.15) is 5.10 Å². The van der Waals surface area contributed by atoms with Gasteiger partial charge in [0.05, 0.1) is 12.2 Å². The normalized spacial score (nSPS) is 17.2. The van der Waals surface area contributed by atoms with Gasteiger partial charge >= 0.3 is 5.97 Å². The SMILES string of the molecule is CCc1ccc(N2[C@@H](c3ccc(/C=C/C(=O)O)cc3)c3ccc(-c4cnn(CC)c4)cc3C[C@@H]2C)cc1. The molecule has 1 aliphatic rings. The van der Waals surface area contributed by atoms with Crippen molar-refractivity contribution in [1.29, 1.82) is 0 Å². The maximum absolute atomic E-state index is 11.0. The Hall–Kier alpha value is -4.12. The molecule has 0 amide bonds. The Morgan fingerprint density at radius 3 is 2.43 bits per heavy atom. The van der Waals surface area contributed by atoms with Gasteiger partial charge in [0.1, 0.15) is 0 Å². The van der Waals surface area contributed by atoms with Crippen LogP contribution in [0.15, 0.2) is 85.2 Å². The van der Waals surface area contributed by atoms with Crippen LogP contribution < -0.4 is 4.90 Å². The summed E-state index contributed by atoms with van der Waals surface area (Å²) in [6.45, 7) is 7.43. The molecule has 188 valence electrons. The van der Waals surface area contributed by atoms with Gasteiger partial charge in [0.15, 0.2) is 0 Å². The summed E-state index contributed by atoms with van der Waals surface area (Å²) in [4.78, 5) is 13.5. The zero-order valence-corrected chi connectivity index (χ0v) is 21.6. The number of carboxylic acid groups (broad SMARTS) is 1. The molecule has 0 fully saturated rings. The molecule has 5 heteroatoms. The highest BCUT2D eigenvalue weighted by Gasteiger charge is 2.33. The smallest absolute Gasteiger partial charge is 0.328 e. The first-order valence-electron chi connectivity index (χ1n) is 13.0. The number of hydrogen-bond donors (Lipinski definition) is 1. The predicted octanol–water partition coefficient (Wildman–Crippen LogP) is 6.77. The van der Waals surface area contributed by atoms with Crippen molar-refractivity contribution in [2.45, 2.75) is 52.2 Å². The van der Waals surface area contributed by atoms with Crippen LogP contribution in [-0.2, 0) is 24.2 Å². The van der Waals surface area contributed by atoms with Crippen LogP contribution >= 0.6 is 0 Å². The van der Waals surface area contributed by atoms with E-state index >= 15 is 0 Å². The average Bonchev–Trinajstić information content (AvgIpc) is 3.41. The third kappa shape index (κ3) is 5.08. The molecule has 3 aromatic carbocycles. The van der Waals surface area contributed by atoms with Crippen LogP contribution in [0, 0.1) is 0 Å². The zero-order chi connectivity index (χ0) is 25.9. The second-order valence-corrected chi connectivity index (χ2v) is 9.72. The molecule has 1 aromatic heterocycles. The highest BCUT2D eigenvalue weighted by atomic mass is 16.4. The summed E-state index contributed by atoms with van der Waals surface area (Å²) in [6.07, 6.45) is 8.84. The molecular weight excluding hydrogens is 458 g/mol. The van der Waals surface area contributed by atoms with Crippen LogP contribution in [0.3, 0.4) is 0 Å². The lowest BCUT2D eigenvalue weighted by atomic mass is 9.83. The maximum atomic E-state index is 11.0. The van der Waals surface area contributed by atoms with Gasteiger partial charge in [-0.25, -0.2) is 4.79 Å². The number of carboxylic acids is 1. The van der Waals surface area contributed by atoms with Gasteiger partial charge in [0.25, 0.3) is 0 Å². The van der Waals surface area contributed by atoms with E-state index in [9.17, 15) is 4.79 Å². The zero-order valence-electron chi connectivity index (χ0n) is 21.6. The third-order valence-corrected chi connectivity index (χ3v) is 7.31. The molecule has 2 heterocycles. The Morgan fingerprint density at radius 1 is 1.03 bits per heavy atom. The molecule has 0 aliphatic carbocycles. The first kappa shape index (κ1) is 24.6. The summed E-state index contributed by atoms with van der Waals surface area (Å²) < 4.78 is 1.96. The van der Waals surface area contributed by atoms with E-state index in [1.54, 1.807) is 6.08 Å². The largest absolute Gasteiger partial charge is 0.478 e. The quantitative estimate of drug-likeness (QED) is 0.290. The number of rotatable bonds is 7. The van der Waals surface area contributed by atoms with Gasteiger partial charge < -0.3 is 10.0 Å². The number of fused-ring (bicyclic) bond motifs is 1. The maximum Gasteiger partial charge on any atom is 0.328 e. The van der Waals surface area contributed by atoms with Crippen molar-refractivity contribution in [1.82, 2.24) is 9.78 Å². The topological polar surface area (TPSA) is 58.4 Å². The summed E-state index contributed by atoms with van der Waals surface area (Å²) >= 11 is 0. The summed E-state index contributed by atoms with van der Waals surface area (Å²) in [6, 6.07) is 24.3. The fraction of sp³-hybridized carbons (Fsp3) is 0.250. The van der Waals surface area contributed by atoms with Crippen molar-refractivity contribution in [2.24, 2.45) is 0 Å². The van der Waals surface area contributed by atoms with E-state index in [-0.39, 0.29) is 6.04 Å². The van der Waals surface area contributed by atoms with Crippen molar-refractivity contribution >= 4 is 17.7 Å². The van der Waals surface area contributed by atoms with Crippen molar-refractivity contribution in [3.05, 3.63) is 113 Å². The number of aryl methyl sites for hydroxylation is 2. The van der Waals surface area contributed by atoms with Crippen LogP contribution in [0.2, 0.25) is 0 Å². The van der Waals surface area contributed by atoms with Gasteiger partial charge in [-0.15, -0.1) is 0 Å². The van der Waals surface area contributed by atoms with Crippen LogP contribution in [0.1, 0.15) is 54.6 Å². The fourth-order valence-corrected chi connectivity index (χ4v) is 5.34. The van der Waals surface area contributed by atoms with Crippen molar-refractivity contribution in [3.8, 4) is 11.1 Å². The number of carbonyl (C=O) groups is 1. The number of anilines is 1. The van der Waals surface area contributed by atoms with E-state index in [0.717, 1.165) is 30.5 Å². The minimum atomic E-state index is -0.943. The Bertz CT molecular complexity index is 1420. The molecule has 1 N–H and O–H groups in total. The van der Waals surface area contributed by atoms with E-state index in [2.05, 4.69) is 91.6 Å². The lowest BCUT2D eigenvalue weighted by Gasteiger charge is -2.44. The standard InChI is InChI=1S/C32H33N3O2/c1-4-23-8-14-29(15-9-23)35-22(3)18-27-19-26(28-20-33-34(5-2)21-28)13-16-30(27)32(35)25-11-6-24(7-12-25)10-17-31(36)37/h6-17,19-22,32H,4-5,18H2,1-3H3,(H,36,37)/b17-10+/t22-,32-/m0/s1. The lowest BCUT2D eigenvalue weighted by molar-refractivity contribution is -0.131. The summed E-state index contributed by atoms with van der Waals surface area (Å²) in [5.74, 6) is -0.943. The molecule has 4 aromatic rings. The second kappa shape index (κ2) is 10.5. The first-order chi connectivity index (χ1) is 18.0. The average molecular weight is 492 g/mol. The lowest BCUT2D eigenvalue weighted by Crippen LogP contribution is -2.42. The van der Waals surface area contributed by atoms with Crippen LogP contribution in [0.5, 0.6) is 0 Å². The van der Waals surface area contributed by atoms with Crippen molar-refractivity contribution < 1.29 is 9.90 Å². The molecule has 5 rings (SSSR count). The van der Waals surface area contributed by atoms with Gasteiger partial charge in [-0.3, -0.25) is 4.68 Å². The number of aliphatic carboxylic acids is 1. The second-order valence-electron chi connectivity index (χ2n) is 9.72. The molecule has 0 bridgehead atoms. The third-order valence-electron chi connectivity index (χ3n) is 7.31. The minimum Gasteiger partial charge on any atom is -0.478 e. The summed E-state index contributed by atoms with van der Waals surface area (Å²) in [5, 5.41) is 13.5. The minimum absolute atomic E-state index is 0.0520. The number of aromatic nitrogens is 2. The van der Waals surface area contributed by atoms with Gasteiger partial charge in [-0.1, -0.05) is 61.5 Å². The van der Waals surface area contributed by atoms with Crippen molar-refractivity contribution in [2.75, 3.05) is 4.90 Å². The van der Waals surface area contributed by atoms with Crippen molar-refractivity contribution in [3.63, 3.8) is 0 Å².